The van der Waals surface area contributed by atoms with Crippen molar-refractivity contribution in [3.05, 3.63) is 0 Å². The zero-order valence-electron chi connectivity index (χ0n) is 10.4. The molecule has 5 nitrogen and oxygen atoms in total. The van der Waals surface area contributed by atoms with Gasteiger partial charge in [0.25, 0.3) is 0 Å². The highest BCUT2D eigenvalue weighted by Crippen LogP contribution is 2.41. The van der Waals surface area contributed by atoms with E-state index in [2.05, 4.69) is 10.8 Å². The number of nitrogens with zero attached hydrogens (tertiary/aromatic N) is 2. The van der Waals surface area contributed by atoms with Crippen LogP contribution < -0.4 is 0 Å². The fourth-order valence-electron chi connectivity index (χ4n) is 1.93. The van der Waals surface area contributed by atoms with Crippen LogP contribution in [0.2, 0.25) is 0 Å². The molecule has 0 atom stereocenters. The zero-order valence-corrected chi connectivity index (χ0v) is 10.4. The van der Waals surface area contributed by atoms with Gasteiger partial charge in [0, 0.05) is 20.0 Å². The Hall–Kier alpha value is -1.57. The lowest BCUT2D eigenvalue weighted by molar-refractivity contribution is -0.143. The first-order valence-electron chi connectivity index (χ1n) is 5.79. The molecule has 0 saturated heterocycles. The number of hydrogen-bond acceptors (Lipinski definition) is 4. The van der Waals surface area contributed by atoms with Gasteiger partial charge in [-0.3, -0.25) is 9.59 Å². The standard InChI is InChI=1S/C12H18N2O3/c1-14(8-3-5-10(15)17-2)11(16)12(9-13)6-4-7-12/h3-8H2,1-2H3. The highest BCUT2D eigenvalue weighted by atomic mass is 16.5. The maximum Gasteiger partial charge on any atom is 0.305 e. The highest BCUT2D eigenvalue weighted by molar-refractivity contribution is 5.86. The fraction of sp³-hybridized carbons (Fsp3) is 0.750. The Labute approximate surface area is 101 Å². The van der Waals surface area contributed by atoms with Crippen LogP contribution in [0.15, 0.2) is 0 Å². The van der Waals surface area contributed by atoms with Gasteiger partial charge in [-0.2, -0.15) is 5.26 Å². The lowest BCUT2D eigenvalue weighted by atomic mass is 9.69. The van der Waals surface area contributed by atoms with E-state index >= 15 is 0 Å². The van der Waals surface area contributed by atoms with Crippen molar-refractivity contribution >= 4 is 11.9 Å². The van der Waals surface area contributed by atoms with Crippen LogP contribution in [0, 0.1) is 16.7 Å². The topological polar surface area (TPSA) is 70.4 Å². The van der Waals surface area contributed by atoms with Crippen molar-refractivity contribution in [2.75, 3.05) is 20.7 Å². The van der Waals surface area contributed by atoms with Gasteiger partial charge in [-0.15, -0.1) is 0 Å². The van der Waals surface area contributed by atoms with Crippen molar-refractivity contribution in [3.63, 3.8) is 0 Å². The molecule has 0 unspecified atom stereocenters. The van der Waals surface area contributed by atoms with Crippen LogP contribution in [-0.4, -0.2) is 37.5 Å². The summed E-state index contributed by atoms with van der Waals surface area (Å²) in [6.07, 6.45) is 3.12. The minimum atomic E-state index is -0.792. The normalized spacial score (nSPS) is 16.5. The van der Waals surface area contributed by atoms with Gasteiger partial charge in [-0.1, -0.05) is 0 Å². The summed E-state index contributed by atoms with van der Waals surface area (Å²) in [4.78, 5) is 24.5. The van der Waals surface area contributed by atoms with Crippen LogP contribution in [-0.2, 0) is 14.3 Å². The van der Waals surface area contributed by atoms with E-state index in [0.29, 0.717) is 32.2 Å². The van der Waals surface area contributed by atoms with Gasteiger partial charge in [0.05, 0.1) is 13.2 Å². The number of rotatable bonds is 5. The Balaban J connectivity index is 2.38. The Bertz CT molecular complexity index is 342. The van der Waals surface area contributed by atoms with Gasteiger partial charge in [0.15, 0.2) is 0 Å². The second kappa shape index (κ2) is 5.67. The van der Waals surface area contributed by atoms with E-state index in [1.54, 1.807) is 11.9 Å². The number of hydrogen-bond donors (Lipinski definition) is 0. The molecule has 0 spiro atoms. The van der Waals surface area contributed by atoms with E-state index in [0.717, 1.165) is 6.42 Å². The molecule has 1 aliphatic rings. The van der Waals surface area contributed by atoms with Gasteiger partial charge < -0.3 is 9.64 Å². The van der Waals surface area contributed by atoms with Crippen LogP contribution in [0.25, 0.3) is 0 Å². The zero-order chi connectivity index (χ0) is 12.9. The molecule has 17 heavy (non-hydrogen) atoms. The van der Waals surface area contributed by atoms with Crippen LogP contribution in [0.3, 0.4) is 0 Å². The molecule has 0 N–H and O–H groups in total. The molecule has 1 aliphatic carbocycles. The first-order chi connectivity index (χ1) is 8.05. The number of nitriles is 1. The minimum absolute atomic E-state index is 0.115. The van der Waals surface area contributed by atoms with Crippen molar-refractivity contribution in [1.82, 2.24) is 4.90 Å². The van der Waals surface area contributed by atoms with E-state index < -0.39 is 5.41 Å². The van der Waals surface area contributed by atoms with Crippen molar-refractivity contribution < 1.29 is 14.3 Å². The minimum Gasteiger partial charge on any atom is -0.469 e. The lowest BCUT2D eigenvalue weighted by Crippen LogP contribution is -2.45. The summed E-state index contributed by atoms with van der Waals surface area (Å²) in [5.74, 6) is -0.388. The summed E-state index contributed by atoms with van der Waals surface area (Å²) in [5.41, 5.74) is -0.792. The van der Waals surface area contributed by atoms with Gasteiger partial charge in [-0.25, -0.2) is 0 Å². The molecule has 0 aromatic rings. The third-order valence-electron chi connectivity index (χ3n) is 3.28. The highest BCUT2D eigenvalue weighted by Gasteiger charge is 2.45. The fourth-order valence-corrected chi connectivity index (χ4v) is 1.93. The molecular formula is C12H18N2O3. The van der Waals surface area contributed by atoms with E-state index in [-0.39, 0.29) is 11.9 Å². The molecule has 0 aromatic heterocycles. The van der Waals surface area contributed by atoms with Gasteiger partial charge in [0.2, 0.25) is 5.91 Å². The number of carbonyl (C=O) groups excluding carboxylic acids is 2. The Morgan fingerprint density at radius 1 is 1.47 bits per heavy atom. The number of ether oxygens (including phenoxy) is 1. The average Bonchev–Trinajstić information content (AvgIpc) is 2.27. The third kappa shape index (κ3) is 2.96. The molecule has 0 radical (unpaired) electrons. The number of amides is 1. The van der Waals surface area contributed by atoms with Gasteiger partial charge in [0.1, 0.15) is 5.41 Å². The number of esters is 1. The predicted molar refractivity (Wildman–Crippen MR) is 60.8 cm³/mol. The quantitative estimate of drug-likeness (QED) is 0.672. The Kier molecular flexibility index (Phi) is 4.50. The Morgan fingerprint density at radius 2 is 2.12 bits per heavy atom. The van der Waals surface area contributed by atoms with Crippen molar-refractivity contribution in [1.29, 1.82) is 5.26 Å². The second-order valence-electron chi connectivity index (χ2n) is 4.45. The average molecular weight is 238 g/mol. The predicted octanol–water partition coefficient (Wildman–Crippen LogP) is 1.09. The molecule has 5 heteroatoms. The third-order valence-corrected chi connectivity index (χ3v) is 3.28. The summed E-state index contributed by atoms with van der Waals surface area (Å²) in [6.45, 7) is 0.483. The molecule has 0 aromatic carbocycles. The van der Waals surface area contributed by atoms with Crippen LogP contribution >= 0.6 is 0 Å². The van der Waals surface area contributed by atoms with E-state index in [9.17, 15) is 9.59 Å². The molecule has 0 bridgehead atoms. The monoisotopic (exact) mass is 238 g/mol. The van der Waals surface area contributed by atoms with E-state index in [4.69, 9.17) is 5.26 Å². The van der Waals surface area contributed by atoms with Gasteiger partial charge >= 0.3 is 5.97 Å². The molecule has 0 aliphatic heterocycles. The largest absolute Gasteiger partial charge is 0.469 e. The van der Waals surface area contributed by atoms with E-state index in [1.807, 2.05) is 0 Å². The maximum atomic E-state index is 12.0. The van der Waals surface area contributed by atoms with Crippen LogP contribution in [0.5, 0.6) is 0 Å². The maximum absolute atomic E-state index is 12.0. The number of methoxy groups -OCH3 is 1. The molecule has 1 saturated carbocycles. The molecule has 1 amide bonds. The van der Waals surface area contributed by atoms with Crippen molar-refractivity contribution in [3.8, 4) is 6.07 Å². The molecule has 1 fully saturated rings. The molecule has 1 rings (SSSR count). The molecular weight excluding hydrogens is 220 g/mol. The SMILES string of the molecule is COC(=O)CCCN(C)C(=O)C1(C#N)CCC1. The van der Waals surface area contributed by atoms with Crippen molar-refractivity contribution in [2.24, 2.45) is 5.41 Å². The Morgan fingerprint density at radius 3 is 2.53 bits per heavy atom. The smallest absolute Gasteiger partial charge is 0.305 e. The summed E-state index contributed by atoms with van der Waals surface area (Å²) >= 11 is 0. The molecule has 0 heterocycles. The van der Waals surface area contributed by atoms with E-state index in [1.165, 1.54) is 7.11 Å². The molecule has 94 valence electrons. The van der Waals surface area contributed by atoms with Gasteiger partial charge in [-0.05, 0) is 25.7 Å². The summed E-state index contributed by atoms with van der Waals surface area (Å²) in [7, 11) is 3.02. The summed E-state index contributed by atoms with van der Waals surface area (Å²) < 4.78 is 4.52. The van der Waals surface area contributed by atoms with Crippen LogP contribution in [0.4, 0.5) is 0 Å². The lowest BCUT2D eigenvalue weighted by Gasteiger charge is -2.36. The first kappa shape index (κ1) is 13.5. The number of carbonyl (C=O) groups is 2. The first-order valence-corrected chi connectivity index (χ1v) is 5.79. The van der Waals surface area contributed by atoms with Crippen LogP contribution in [0.1, 0.15) is 32.1 Å². The van der Waals surface area contributed by atoms with Crippen molar-refractivity contribution in [2.45, 2.75) is 32.1 Å². The summed E-state index contributed by atoms with van der Waals surface area (Å²) in [6, 6.07) is 2.12. The second-order valence-corrected chi connectivity index (χ2v) is 4.45. The summed E-state index contributed by atoms with van der Waals surface area (Å²) in [5, 5.41) is 9.04.